The number of aromatic nitrogens is 2. The molecule has 2 rings (SSSR count). The van der Waals surface area contributed by atoms with Crippen LogP contribution in [0.25, 0.3) is 11.4 Å². The van der Waals surface area contributed by atoms with Gasteiger partial charge in [0.05, 0.1) is 5.69 Å². The molecule has 0 fully saturated rings. The van der Waals surface area contributed by atoms with Crippen molar-refractivity contribution in [1.29, 1.82) is 0 Å². The summed E-state index contributed by atoms with van der Waals surface area (Å²) in [7, 11) is 4.57. The summed E-state index contributed by atoms with van der Waals surface area (Å²) in [6.45, 7) is 0. The number of nitrogens with zero attached hydrogens (tertiary/aromatic N) is 2. The molecule has 0 spiro atoms. The molecule has 0 atom stereocenters. The number of pyridine rings is 2. The normalized spacial score (nSPS) is 8.59. The Balaban J connectivity index is 0.000000811. The summed E-state index contributed by atoms with van der Waals surface area (Å²) in [5, 5.41) is 20.8. The molecule has 2 heterocycles. The summed E-state index contributed by atoms with van der Waals surface area (Å²) in [4.78, 5) is 7.77. The van der Waals surface area contributed by atoms with E-state index in [1.165, 1.54) is 24.5 Å². The molecule has 2 aromatic rings. The van der Waals surface area contributed by atoms with Gasteiger partial charge in [0, 0.05) is 12.4 Å². The minimum atomic E-state index is -0.249. The Hall–Kier alpha value is -1.19. The molecule has 1 N–H and O–H groups in total. The molecule has 0 saturated carbocycles. The van der Waals surface area contributed by atoms with Crippen molar-refractivity contribution in [2.45, 2.75) is 0 Å². The smallest absolute Gasteiger partial charge is 0.143 e. The molecule has 17 heavy (non-hydrogen) atoms. The van der Waals surface area contributed by atoms with Crippen LogP contribution in [0.1, 0.15) is 0 Å². The fourth-order valence-corrected chi connectivity index (χ4v) is 1.15. The molecule has 0 unspecified atom stereocenters. The summed E-state index contributed by atoms with van der Waals surface area (Å²) in [5.41, 5.74) is 0.392. The van der Waals surface area contributed by atoms with E-state index in [-0.39, 0.29) is 30.3 Å². The second-order valence-corrected chi connectivity index (χ2v) is 2.72. The van der Waals surface area contributed by atoms with Gasteiger partial charge in [-0.15, -0.1) is 0 Å². The predicted molar refractivity (Wildman–Crippen MR) is 60.8 cm³/mol. The number of halogens is 1. The van der Waals surface area contributed by atoms with Gasteiger partial charge in [0.1, 0.15) is 11.4 Å². The van der Waals surface area contributed by atoms with Gasteiger partial charge in [0.25, 0.3) is 0 Å². The molecule has 0 aromatic carbocycles. The largest absolute Gasteiger partial charge is 0.871 e. The fourth-order valence-electron chi connectivity index (χ4n) is 1.15. The van der Waals surface area contributed by atoms with Gasteiger partial charge in [0.2, 0.25) is 0 Å². The van der Waals surface area contributed by atoms with Crippen LogP contribution in [0, 0.1) is 7.43 Å². The van der Waals surface area contributed by atoms with Crippen molar-refractivity contribution in [2.75, 3.05) is 0 Å². The molecule has 4 nitrogen and oxygen atoms in total. The van der Waals surface area contributed by atoms with Crippen LogP contribution in [0.3, 0.4) is 0 Å². The summed E-state index contributed by atoms with van der Waals surface area (Å²) >= 11 is 1.82. The quantitative estimate of drug-likeness (QED) is 0.638. The predicted octanol–water partition coefficient (Wildman–Crippen LogP) is 2.06. The third-order valence-electron chi connectivity index (χ3n) is 1.78. The Morgan fingerprint density at radius 1 is 1.06 bits per heavy atom. The second-order valence-electron chi connectivity index (χ2n) is 2.72. The maximum absolute atomic E-state index is 11.4. The van der Waals surface area contributed by atoms with E-state index in [2.05, 4.69) is 19.7 Å². The summed E-state index contributed by atoms with van der Waals surface area (Å²) in [5.74, 6) is -0.287. The van der Waals surface area contributed by atoms with Gasteiger partial charge in [0.15, 0.2) is 0 Å². The van der Waals surface area contributed by atoms with Gasteiger partial charge in [-0.3, -0.25) is 9.97 Å². The molecule has 6 heteroatoms. The third kappa shape index (κ3) is 3.95. The Bertz CT molecular complexity index is 425. The van der Waals surface area contributed by atoms with E-state index in [1.54, 1.807) is 12.1 Å². The van der Waals surface area contributed by atoms with Gasteiger partial charge in [-0.25, -0.2) is 0 Å². The molecular weight excluding hydrogens is 329 g/mol. The summed E-state index contributed by atoms with van der Waals surface area (Å²) < 4.78 is 0. The Kier molecular flexibility index (Phi) is 7.43. The zero-order valence-corrected chi connectivity index (χ0v) is 11.4. The van der Waals surface area contributed by atoms with Crippen LogP contribution in [0.4, 0.5) is 0 Å². The maximum Gasteiger partial charge on any atom is 0.143 e. The van der Waals surface area contributed by atoms with Crippen molar-refractivity contribution >= 4 is 9.69 Å². The maximum atomic E-state index is 11.4. The van der Waals surface area contributed by atoms with Crippen LogP contribution >= 0.6 is 9.69 Å². The molecule has 0 aliphatic rings. The van der Waals surface area contributed by atoms with Crippen molar-refractivity contribution in [1.82, 2.24) is 9.97 Å². The molecule has 0 radical (unpaired) electrons. The minimum absolute atomic E-state index is 0. The molecule has 0 aliphatic heterocycles. The molecule has 0 saturated heterocycles. The molecule has 0 aliphatic carbocycles. The zero-order valence-electron chi connectivity index (χ0n) is 8.95. The van der Waals surface area contributed by atoms with E-state index < -0.39 is 0 Å². The first-order chi connectivity index (χ1) is 7.79. The van der Waals surface area contributed by atoms with Crippen LogP contribution < -0.4 is 5.11 Å². The van der Waals surface area contributed by atoms with Crippen LogP contribution in [0.15, 0.2) is 36.7 Å². The van der Waals surface area contributed by atoms with E-state index in [9.17, 15) is 10.2 Å². The molecule has 92 valence electrons. The van der Waals surface area contributed by atoms with E-state index in [1.807, 2.05) is 17.3 Å². The Morgan fingerprint density at radius 3 is 2.12 bits per heavy atom. The fraction of sp³-hybridized carbons (Fsp3) is 0. The van der Waals surface area contributed by atoms with E-state index >= 15 is 0 Å². The van der Waals surface area contributed by atoms with Crippen molar-refractivity contribution in [3.63, 3.8) is 0 Å². The average molecular weight is 339 g/mol. The van der Waals surface area contributed by atoms with Gasteiger partial charge < -0.3 is 17.6 Å². The van der Waals surface area contributed by atoms with Gasteiger partial charge in [-0.2, -0.15) is 0 Å². The van der Waals surface area contributed by atoms with Crippen molar-refractivity contribution < 1.29 is 27.5 Å². The van der Waals surface area contributed by atoms with Gasteiger partial charge >= 0.3 is 27.0 Å². The Labute approximate surface area is 114 Å². The summed E-state index contributed by atoms with van der Waals surface area (Å²) in [6, 6.07) is 5.99. The zero-order chi connectivity index (χ0) is 12.0. The van der Waals surface area contributed by atoms with E-state index in [0.717, 1.165) is 0 Å². The monoisotopic (exact) mass is 339 g/mol. The van der Waals surface area contributed by atoms with Crippen molar-refractivity contribution in [3.05, 3.63) is 44.1 Å². The van der Waals surface area contributed by atoms with Crippen molar-refractivity contribution in [2.24, 2.45) is 0 Å². The molecule has 0 bridgehead atoms. The van der Waals surface area contributed by atoms with E-state index in [0.29, 0.717) is 0 Å². The van der Waals surface area contributed by atoms with Gasteiger partial charge in [-0.1, -0.05) is 11.8 Å². The third-order valence-corrected chi connectivity index (χ3v) is 1.78. The molecule has 2 aromatic heterocycles. The average Bonchev–Trinajstić information content (AvgIpc) is 2.34. The summed E-state index contributed by atoms with van der Waals surface area (Å²) in [6.07, 6.45) is 2.99. The van der Waals surface area contributed by atoms with Crippen LogP contribution in [0.5, 0.6) is 11.5 Å². The number of rotatable bonds is 1. The topological polar surface area (TPSA) is 69.1 Å². The van der Waals surface area contributed by atoms with Crippen LogP contribution in [-0.4, -0.2) is 15.1 Å². The van der Waals surface area contributed by atoms with E-state index in [4.69, 9.17) is 0 Å². The first-order valence-corrected chi connectivity index (χ1v) is 6.42. The molecular formula is C11H10ClN2O2Ru-. The van der Waals surface area contributed by atoms with Gasteiger partial charge in [-0.05, 0) is 18.2 Å². The minimum Gasteiger partial charge on any atom is -0.871 e. The Morgan fingerprint density at radius 2 is 1.59 bits per heavy atom. The number of hydrogen-bond acceptors (Lipinski definition) is 4. The molecule has 0 amide bonds. The SMILES string of the molecule is [CH3-].[Cl][Ru+].[O-]c1cccnc1-c1ncccc1O. The standard InChI is InChI=1S/C10H8N2O2.CH3.ClH.Ru/c13-7-3-1-5-11-9(7)10-8(14)4-2-6-12-10;;;/h1-6,13-14H;1H3;1H;/q;-1;;+2/p-2. The first kappa shape index (κ1) is 15.8. The van der Waals surface area contributed by atoms with Crippen molar-refractivity contribution in [3.8, 4) is 22.9 Å². The number of aromatic hydroxyl groups is 1. The second kappa shape index (κ2) is 7.99. The first-order valence-electron chi connectivity index (χ1n) is 4.19. The van der Waals surface area contributed by atoms with Crippen LogP contribution in [0.2, 0.25) is 0 Å². The van der Waals surface area contributed by atoms with Crippen LogP contribution in [-0.2, 0) is 17.3 Å². The number of hydrogen-bond donors (Lipinski definition) is 1.